The Morgan fingerprint density at radius 2 is 2.67 bits per heavy atom. The van der Waals surface area contributed by atoms with Crippen LogP contribution in [0, 0.1) is 16.4 Å². The largest absolute Gasteiger partial charge is 0.223 e. The molecule has 5 heteroatoms. The minimum absolute atomic E-state index is 1.30. The van der Waals surface area contributed by atoms with E-state index in [1.54, 1.807) is 0 Å². The van der Waals surface area contributed by atoms with Crippen LogP contribution >= 0.6 is 0 Å². The van der Waals surface area contributed by atoms with Gasteiger partial charge in [-0.2, -0.15) is 5.26 Å². The Morgan fingerprint density at radius 1 is 2.00 bits per heavy atom. The molecule has 0 bridgehead atoms. The van der Waals surface area contributed by atoms with Crippen molar-refractivity contribution in [3.05, 3.63) is 4.91 Å². The fourth-order valence-corrected chi connectivity index (χ4v) is 0.0390. The summed E-state index contributed by atoms with van der Waals surface area (Å²) in [4.78, 5) is 12.3. The fraction of sp³-hybridized carbons (Fsp3) is 0. The zero-order valence-electron chi connectivity index (χ0n) is 2.71. The summed E-state index contributed by atoms with van der Waals surface area (Å²) >= 11 is 0. The van der Waals surface area contributed by atoms with Crippen molar-refractivity contribution in [3.63, 3.8) is 0 Å². The fourth-order valence-electron chi connectivity index (χ4n) is 0.0390. The molecule has 0 unspecified atom stereocenters. The predicted octanol–water partition coefficient (Wildman–Crippen LogP) is -0.330. The van der Waals surface area contributed by atoms with E-state index in [0.717, 1.165) is 0 Å². The van der Waals surface area contributed by atoms with Gasteiger partial charge in [0.25, 0.3) is 0 Å². The highest BCUT2D eigenvalue weighted by atomic mass is 16.8. The van der Waals surface area contributed by atoms with Gasteiger partial charge in [-0.3, -0.25) is 0 Å². The topological polar surface area (TPSA) is 74.5 Å². The Bertz CT molecular complexity index is 73.4. The SMILES string of the molecule is N#CNON=O. The Morgan fingerprint density at radius 3 is 2.83 bits per heavy atom. The minimum Gasteiger partial charge on any atom is -0.223 e. The molecule has 0 aromatic rings. The van der Waals surface area contributed by atoms with Crippen molar-refractivity contribution in [1.29, 1.82) is 5.26 Å². The molecule has 0 atom stereocenters. The van der Waals surface area contributed by atoms with Crippen molar-refractivity contribution in [2.75, 3.05) is 0 Å². The molecule has 0 saturated heterocycles. The summed E-state index contributed by atoms with van der Waals surface area (Å²) < 4.78 is 0. The van der Waals surface area contributed by atoms with Crippen LogP contribution in [0.25, 0.3) is 0 Å². The van der Waals surface area contributed by atoms with Crippen molar-refractivity contribution >= 4 is 0 Å². The number of nitriles is 1. The van der Waals surface area contributed by atoms with E-state index in [2.05, 4.69) is 4.94 Å². The van der Waals surface area contributed by atoms with Gasteiger partial charge < -0.3 is 0 Å². The third kappa shape index (κ3) is 2.69. The van der Waals surface area contributed by atoms with Crippen molar-refractivity contribution in [2.24, 2.45) is 5.34 Å². The molecular formula is CHN3O2. The van der Waals surface area contributed by atoms with Gasteiger partial charge in [0.05, 0.1) is 0 Å². The normalized spacial score (nSPS) is 5.17. The van der Waals surface area contributed by atoms with E-state index in [9.17, 15) is 0 Å². The monoisotopic (exact) mass is 87.0 g/mol. The van der Waals surface area contributed by atoms with Crippen LogP contribution in [0.5, 0.6) is 0 Å². The second kappa shape index (κ2) is 3.69. The van der Waals surface area contributed by atoms with E-state index in [1.165, 1.54) is 11.7 Å². The Balaban J connectivity index is 2.72. The molecular weight excluding hydrogens is 86.0 g/mol. The van der Waals surface area contributed by atoms with Crippen LogP contribution in [0.3, 0.4) is 0 Å². The molecule has 0 aliphatic rings. The summed E-state index contributed by atoms with van der Waals surface area (Å²) in [5.41, 5.74) is 1.52. The van der Waals surface area contributed by atoms with E-state index in [1.807, 2.05) is 5.34 Å². The maximum atomic E-state index is 8.88. The lowest BCUT2D eigenvalue weighted by Gasteiger charge is -1.76. The van der Waals surface area contributed by atoms with E-state index >= 15 is 0 Å². The average Bonchev–Trinajstić information content (AvgIpc) is 1.61. The zero-order chi connectivity index (χ0) is 4.83. The number of nitrogens with zero attached hydrogens (tertiary/aromatic N) is 2. The van der Waals surface area contributed by atoms with Gasteiger partial charge in [0.1, 0.15) is 0 Å². The second-order valence-corrected chi connectivity index (χ2v) is 0.380. The van der Waals surface area contributed by atoms with Gasteiger partial charge in [-0.1, -0.05) is 0 Å². The Kier molecular flexibility index (Phi) is 2.88. The first-order valence-corrected chi connectivity index (χ1v) is 1.04. The molecule has 0 aliphatic carbocycles. The molecule has 32 valence electrons. The Labute approximate surface area is 33.4 Å². The van der Waals surface area contributed by atoms with Crippen LogP contribution in [0.4, 0.5) is 0 Å². The van der Waals surface area contributed by atoms with Crippen LogP contribution in [0.1, 0.15) is 0 Å². The molecule has 0 aromatic carbocycles. The van der Waals surface area contributed by atoms with E-state index in [0.29, 0.717) is 0 Å². The van der Waals surface area contributed by atoms with Gasteiger partial charge in [-0.05, 0) is 0 Å². The second-order valence-electron chi connectivity index (χ2n) is 0.380. The molecule has 5 nitrogen and oxygen atoms in total. The summed E-state index contributed by atoms with van der Waals surface area (Å²) in [6.45, 7) is 0. The summed E-state index contributed by atoms with van der Waals surface area (Å²) in [5, 5.41) is 9.35. The number of hydrogen-bond acceptors (Lipinski definition) is 5. The van der Waals surface area contributed by atoms with Crippen molar-refractivity contribution < 1.29 is 4.94 Å². The van der Waals surface area contributed by atoms with Gasteiger partial charge in [0.15, 0.2) is 5.34 Å². The first kappa shape index (κ1) is 4.69. The molecule has 0 heterocycles. The lowest BCUT2D eigenvalue weighted by Crippen LogP contribution is -1.98. The number of rotatable bonds is 2. The summed E-state index contributed by atoms with van der Waals surface area (Å²) in [6, 6.07) is 0. The summed E-state index contributed by atoms with van der Waals surface area (Å²) in [6.07, 6.45) is 1.30. The molecule has 0 fully saturated rings. The molecule has 0 saturated carbocycles. The summed E-state index contributed by atoms with van der Waals surface area (Å²) in [5.74, 6) is 0. The van der Waals surface area contributed by atoms with Gasteiger partial charge >= 0.3 is 0 Å². The number of hydroxylamine groups is 1. The van der Waals surface area contributed by atoms with Gasteiger partial charge in [-0.25, -0.2) is 4.94 Å². The highest BCUT2D eigenvalue weighted by Gasteiger charge is 1.65. The smallest absolute Gasteiger partial charge is 0.215 e. The molecule has 0 aromatic heterocycles. The first-order chi connectivity index (χ1) is 2.91. The van der Waals surface area contributed by atoms with Crippen molar-refractivity contribution in [3.8, 4) is 6.19 Å². The third-order valence-electron chi connectivity index (χ3n) is 0.129. The molecule has 0 amide bonds. The molecule has 1 N–H and O–H groups in total. The molecule has 0 radical (unpaired) electrons. The predicted molar refractivity (Wildman–Crippen MR) is 15.6 cm³/mol. The number of hydrogen-bond donors (Lipinski definition) is 1. The molecule has 0 rings (SSSR count). The lowest BCUT2D eigenvalue weighted by molar-refractivity contribution is 0.0797. The first-order valence-electron chi connectivity index (χ1n) is 1.04. The van der Waals surface area contributed by atoms with Crippen molar-refractivity contribution in [2.45, 2.75) is 0 Å². The van der Waals surface area contributed by atoms with Crippen LogP contribution in [-0.2, 0) is 4.94 Å². The standard InChI is InChI=1S/CHN3O2/c2-1-3-6-4-5/h3H. The Hall–Kier alpha value is -1.31. The average molecular weight is 87.0 g/mol. The van der Waals surface area contributed by atoms with E-state index in [4.69, 9.17) is 10.2 Å². The quantitative estimate of drug-likeness (QED) is 0.164. The maximum Gasteiger partial charge on any atom is 0.215 e. The van der Waals surface area contributed by atoms with E-state index < -0.39 is 0 Å². The van der Waals surface area contributed by atoms with Crippen LogP contribution in [-0.4, -0.2) is 0 Å². The molecule has 0 spiro atoms. The highest BCUT2D eigenvalue weighted by molar-refractivity contribution is 4.51. The maximum absolute atomic E-state index is 8.88. The molecule has 0 aliphatic heterocycles. The third-order valence-corrected chi connectivity index (χ3v) is 0.129. The minimum atomic E-state index is 1.30. The van der Waals surface area contributed by atoms with Gasteiger partial charge in [0.2, 0.25) is 6.19 Å². The zero-order valence-corrected chi connectivity index (χ0v) is 2.71. The lowest BCUT2D eigenvalue weighted by atomic mass is 11.4. The van der Waals surface area contributed by atoms with E-state index in [-0.39, 0.29) is 0 Å². The van der Waals surface area contributed by atoms with Crippen LogP contribution in [0.2, 0.25) is 0 Å². The van der Waals surface area contributed by atoms with Crippen molar-refractivity contribution in [1.82, 2.24) is 5.48 Å². The van der Waals surface area contributed by atoms with Crippen LogP contribution < -0.4 is 5.48 Å². The molecule has 6 heavy (non-hydrogen) atoms. The van der Waals surface area contributed by atoms with Crippen LogP contribution in [0.15, 0.2) is 5.34 Å². The van der Waals surface area contributed by atoms with Gasteiger partial charge in [-0.15, -0.1) is 10.4 Å². The van der Waals surface area contributed by atoms with Gasteiger partial charge in [0, 0.05) is 0 Å². The summed E-state index contributed by atoms with van der Waals surface area (Å²) in [7, 11) is 0. The highest BCUT2D eigenvalue weighted by Crippen LogP contribution is 1.56. The number of nitrogens with one attached hydrogen (secondary N) is 1.